The summed E-state index contributed by atoms with van der Waals surface area (Å²) in [6, 6.07) is 12.3. The Bertz CT molecular complexity index is 620. The number of para-hydroxylation sites is 1. The normalized spacial score (nSPS) is 10.2. The quantitative estimate of drug-likeness (QED) is 0.731. The van der Waals surface area contributed by atoms with Crippen molar-refractivity contribution in [1.82, 2.24) is 5.32 Å². The summed E-state index contributed by atoms with van der Waals surface area (Å²) in [6.45, 7) is 0.632. The number of rotatable bonds is 8. The molecule has 0 fully saturated rings. The van der Waals surface area contributed by atoms with E-state index in [0.29, 0.717) is 25.2 Å². The molecule has 0 unspecified atom stereocenters. The highest BCUT2D eigenvalue weighted by Gasteiger charge is 2.09. The number of carboxylic acid groups (broad SMARTS) is 1. The zero-order chi connectivity index (χ0) is 15.8. The zero-order valence-corrected chi connectivity index (χ0v) is 12.0. The van der Waals surface area contributed by atoms with Crippen LogP contribution in [0.25, 0.3) is 0 Å². The van der Waals surface area contributed by atoms with Gasteiger partial charge in [-0.3, -0.25) is 4.79 Å². The molecule has 116 valence electrons. The van der Waals surface area contributed by atoms with Gasteiger partial charge in [-0.05, 0) is 30.7 Å². The summed E-state index contributed by atoms with van der Waals surface area (Å²) >= 11 is 0. The van der Waals surface area contributed by atoms with Gasteiger partial charge in [0, 0.05) is 6.42 Å². The minimum absolute atomic E-state index is 0.134. The van der Waals surface area contributed by atoms with Crippen molar-refractivity contribution in [2.45, 2.75) is 19.4 Å². The number of carbonyl (C=O) groups is 2. The van der Waals surface area contributed by atoms with Gasteiger partial charge in [-0.15, -0.1) is 0 Å². The van der Waals surface area contributed by atoms with Crippen molar-refractivity contribution >= 4 is 11.9 Å². The van der Waals surface area contributed by atoms with Gasteiger partial charge in [0.1, 0.15) is 11.5 Å². The molecule has 0 saturated carbocycles. The van der Waals surface area contributed by atoms with Crippen molar-refractivity contribution in [2.75, 3.05) is 6.61 Å². The maximum atomic E-state index is 11.6. The van der Waals surface area contributed by atoms with Crippen molar-refractivity contribution in [3.63, 3.8) is 0 Å². The molecule has 1 amide bonds. The molecule has 0 radical (unpaired) electrons. The first-order chi connectivity index (χ1) is 10.6. The fourth-order valence-electron chi connectivity index (χ4n) is 1.80. The Morgan fingerprint density at radius 3 is 2.59 bits per heavy atom. The van der Waals surface area contributed by atoms with E-state index in [0.717, 1.165) is 5.75 Å². The molecule has 6 heteroatoms. The third-order valence-electron chi connectivity index (χ3n) is 2.89. The van der Waals surface area contributed by atoms with Crippen molar-refractivity contribution < 1.29 is 23.8 Å². The summed E-state index contributed by atoms with van der Waals surface area (Å²) in [5, 5.41) is 11.4. The maximum absolute atomic E-state index is 11.6. The summed E-state index contributed by atoms with van der Waals surface area (Å²) in [6.07, 6.45) is 0.929. The molecule has 1 aromatic carbocycles. The van der Waals surface area contributed by atoms with Crippen molar-refractivity contribution in [2.24, 2.45) is 0 Å². The van der Waals surface area contributed by atoms with Gasteiger partial charge in [0.05, 0.1) is 13.2 Å². The monoisotopic (exact) mass is 303 g/mol. The Balaban J connectivity index is 1.62. The summed E-state index contributed by atoms with van der Waals surface area (Å²) in [7, 11) is 0. The molecule has 2 N–H and O–H groups in total. The van der Waals surface area contributed by atoms with E-state index in [4.69, 9.17) is 14.3 Å². The van der Waals surface area contributed by atoms with E-state index < -0.39 is 5.97 Å². The number of carbonyl (C=O) groups excluding carboxylic acids is 1. The lowest BCUT2D eigenvalue weighted by Gasteiger charge is -2.06. The molecule has 0 saturated heterocycles. The minimum atomic E-state index is -1.13. The number of nitrogens with one attached hydrogen (secondary N) is 1. The summed E-state index contributed by atoms with van der Waals surface area (Å²) < 4.78 is 10.5. The fourth-order valence-corrected chi connectivity index (χ4v) is 1.80. The lowest BCUT2D eigenvalue weighted by Crippen LogP contribution is -2.22. The van der Waals surface area contributed by atoms with E-state index in [1.54, 1.807) is 0 Å². The molecular weight excluding hydrogens is 286 g/mol. The highest BCUT2D eigenvalue weighted by molar-refractivity contribution is 5.84. The molecule has 1 aromatic heterocycles. The van der Waals surface area contributed by atoms with Crippen LogP contribution in [0.4, 0.5) is 0 Å². The van der Waals surface area contributed by atoms with Crippen molar-refractivity contribution in [1.29, 1.82) is 0 Å². The average molecular weight is 303 g/mol. The maximum Gasteiger partial charge on any atom is 0.371 e. The lowest BCUT2D eigenvalue weighted by atomic mass is 10.3. The van der Waals surface area contributed by atoms with E-state index >= 15 is 0 Å². The molecule has 6 nitrogen and oxygen atoms in total. The molecule has 0 aliphatic carbocycles. The number of hydrogen-bond acceptors (Lipinski definition) is 4. The molecule has 22 heavy (non-hydrogen) atoms. The van der Waals surface area contributed by atoms with Gasteiger partial charge in [0.25, 0.3) is 0 Å². The van der Waals surface area contributed by atoms with E-state index in [1.165, 1.54) is 12.1 Å². The third kappa shape index (κ3) is 4.97. The average Bonchev–Trinajstić information content (AvgIpc) is 3.00. The number of furan rings is 1. The van der Waals surface area contributed by atoms with Crippen LogP contribution in [-0.2, 0) is 11.3 Å². The number of aromatic carboxylic acids is 1. The van der Waals surface area contributed by atoms with Crippen LogP contribution >= 0.6 is 0 Å². The molecule has 0 atom stereocenters. The summed E-state index contributed by atoms with van der Waals surface area (Å²) in [5.41, 5.74) is 0. The van der Waals surface area contributed by atoms with Gasteiger partial charge in [-0.2, -0.15) is 0 Å². The molecule has 1 heterocycles. The molecule has 0 aliphatic heterocycles. The lowest BCUT2D eigenvalue weighted by molar-refractivity contribution is -0.121. The Labute approximate surface area is 127 Å². The largest absolute Gasteiger partial charge is 0.494 e. The number of carboxylic acids is 1. The van der Waals surface area contributed by atoms with Gasteiger partial charge in [0.15, 0.2) is 0 Å². The molecule has 0 bridgehead atoms. The highest BCUT2D eigenvalue weighted by Crippen LogP contribution is 2.09. The van der Waals surface area contributed by atoms with E-state index in [9.17, 15) is 9.59 Å². The summed E-state index contributed by atoms with van der Waals surface area (Å²) in [4.78, 5) is 22.3. The van der Waals surface area contributed by atoms with Crippen LogP contribution in [0, 0.1) is 0 Å². The number of hydrogen-bond donors (Lipinski definition) is 2. The van der Waals surface area contributed by atoms with Gasteiger partial charge in [0.2, 0.25) is 11.7 Å². The van der Waals surface area contributed by atoms with E-state index in [2.05, 4.69) is 5.32 Å². The van der Waals surface area contributed by atoms with Gasteiger partial charge >= 0.3 is 5.97 Å². The third-order valence-corrected chi connectivity index (χ3v) is 2.89. The smallest absolute Gasteiger partial charge is 0.371 e. The SMILES string of the molecule is O=C(CCCOc1ccccc1)NCc1ccc(C(=O)O)o1. The Kier molecular flexibility index (Phi) is 5.59. The van der Waals surface area contributed by atoms with Crippen LogP contribution in [0.1, 0.15) is 29.2 Å². The number of benzene rings is 1. The second kappa shape index (κ2) is 7.87. The van der Waals surface area contributed by atoms with Gasteiger partial charge < -0.3 is 19.6 Å². The summed E-state index contributed by atoms with van der Waals surface area (Å²) in [5.74, 6) is -0.216. The van der Waals surface area contributed by atoms with Crippen LogP contribution in [0.5, 0.6) is 5.75 Å². The van der Waals surface area contributed by atoms with Crippen LogP contribution < -0.4 is 10.1 Å². The minimum Gasteiger partial charge on any atom is -0.494 e. The van der Waals surface area contributed by atoms with Crippen LogP contribution in [0.15, 0.2) is 46.9 Å². The van der Waals surface area contributed by atoms with Gasteiger partial charge in [-0.25, -0.2) is 4.79 Å². The number of ether oxygens (including phenoxy) is 1. The highest BCUT2D eigenvalue weighted by atomic mass is 16.5. The Morgan fingerprint density at radius 2 is 1.91 bits per heavy atom. The van der Waals surface area contributed by atoms with Crippen LogP contribution in [0.3, 0.4) is 0 Å². The standard InChI is InChI=1S/C16H17NO5/c18-15(7-4-10-21-12-5-2-1-3-6-12)17-11-13-8-9-14(22-13)16(19)20/h1-3,5-6,8-9H,4,7,10-11H2,(H,17,18)(H,19,20). The van der Waals surface area contributed by atoms with Crippen LogP contribution in [-0.4, -0.2) is 23.6 Å². The second-order valence-corrected chi connectivity index (χ2v) is 4.61. The van der Waals surface area contributed by atoms with Crippen molar-refractivity contribution in [3.8, 4) is 5.75 Å². The second-order valence-electron chi connectivity index (χ2n) is 4.61. The number of amides is 1. The molecule has 2 rings (SSSR count). The Morgan fingerprint density at radius 1 is 1.14 bits per heavy atom. The van der Waals surface area contributed by atoms with Crippen LogP contribution in [0.2, 0.25) is 0 Å². The fraction of sp³-hybridized carbons (Fsp3) is 0.250. The topological polar surface area (TPSA) is 88.8 Å². The molecule has 2 aromatic rings. The molecule has 0 spiro atoms. The van der Waals surface area contributed by atoms with Gasteiger partial charge in [-0.1, -0.05) is 18.2 Å². The molecule has 0 aliphatic rings. The zero-order valence-electron chi connectivity index (χ0n) is 12.0. The van der Waals surface area contributed by atoms with E-state index in [-0.39, 0.29) is 18.2 Å². The van der Waals surface area contributed by atoms with E-state index in [1.807, 2.05) is 30.3 Å². The molecular formula is C16H17NO5. The predicted molar refractivity (Wildman–Crippen MR) is 78.7 cm³/mol. The first-order valence-electron chi connectivity index (χ1n) is 6.91. The first kappa shape index (κ1) is 15.6. The first-order valence-corrected chi connectivity index (χ1v) is 6.91. The van der Waals surface area contributed by atoms with Crippen molar-refractivity contribution in [3.05, 3.63) is 54.0 Å². The Hall–Kier alpha value is -2.76. The predicted octanol–water partition coefficient (Wildman–Crippen LogP) is 2.45.